The first-order valence-electron chi connectivity index (χ1n) is 10.6. The standard InChI is InChI=1S/C21H33BrN2O6/c1-7-29-19(28)13-14-18(27)24(12(9-25)10(2)3)16(17(26)23-20(4,5)6)21(14)8-11(22)15(13)30-21/h10-16,25H,7-9H2,1-6H3,(H,23,26)/t11?,12-,13+,14-,15+,16+,21-/m0/s1. The molecule has 0 aromatic rings. The largest absolute Gasteiger partial charge is 0.466 e. The number of hydrogen-bond acceptors (Lipinski definition) is 6. The first kappa shape index (κ1) is 23.5. The van der Waals surface area contributed by atoms with E-state index < -0.39 is 47.1 Å². The summed E-state index contributed by atoms with van der Waals surface area (Å²) < 4.78 is 11.6. The summed E-state index contributed by atoms with van der Waals surface area (Å²) >= 11 is 3.60. The maximum Gasteiger partial charge on any atom is 0.312 e. The number of alkyl halides is 1. The third kappa shape index (κ3) is 3.56. The highest BCUT2D eigenvalue weighted by atomic mass is 79.9. The van der Waals surface area contributed by atoms with Gasteiger partial charge in [-0.1, -0.05) is 29.8 Å². The minimum atomic E-state index is -1.13. The van der Waals surface area contributed by atoms with E-state index in [-0.39, 0.29) is 35.8 Å². The number of aliphatic hydroxyl groups is 1. The molecule has 2 N–H and O–H groups in total. The average molecular weight is 489 g/mol. The van der Waals surface area contributed by atoms with Crippen LogP contribution in [-0.4, -0.2) is 75.2 Å². The van der Waals surface area contributed by atoms with Crippen LogP contribution in [0, 0.1) is 17.8 Å². The van der Waals surface area contributed by atoms with Crippen molar-refractivity contribution in [3.05, 3.63) is 0 Å². The molecular formula is C21H33BrN2O6. The molecule has 8 nitrogen and oxygen atoms in total. The van der Waals surface area contributed by atoms with Gasteiger partial charge >= 0.3 is 5.97 Å². The van der Waals surface area contributed by atoms with Gasteiger partial charge in [-0.3, -0.25) is 14.4 Å². The molecule has 9 heteroatoms. The fourth-order valence-electron chi connectivity index (χ4n) is 5.29. The van der Waals surface area contributed by atoms with Crippen molar-refractivity contribution in [3.63, 3.8) is 0 Å². The quantitative estimate of drug-likeness (QED) is 0.430. The smallest absolute Gasteiger partial charge is 0.312 e. The second kappa shape index (κ2) is 8.06. The summed E-state index contributed by atoms with van der Waals surface area (Å²) in [5.41, 5.74) is -1.65. The molecule has 0 radical (unpaired) electrons. The molecular weight excluding hydrogens is 456 g/mol. The molecule has 3 fully saturated rings. The number of nitrogens with zero attached hydrogens (tertiary/aromatic N) is 1. The van der Waals surface area contributed by atoms with Gasteiger partial charge in [0.1, 0.15) is 11.6 Å². The van der Waals surface area contributed by atoms with Crippen molar-refractivity contribution in [2.45, 2.75) is 82.1 Å². The van der Waals surface area contributed by atoms with Gasteiger partial charge in [0.05, 0.1) is 37.2 Å². The molecule has 3 aliphatic heterocycles. The summed E-state index contributed by atoms with van der Waals surface area (Å²) in [5, 5.41) is 13.1. The predicted octanol–water partition coefficient (Wildman–Crippen LogP) is 1.23. The second-order valence-electron chi connectivity index (χ2n) is 9.89. The van der Waals surface area contributed by atoms with Crippen LogP contribution < -0.4 is 5.32 Å². The number of carbonyl (C=O) groups is 3. The summed E-state index contributed by atoms with van der Waals surface area (Å²) in [6.45, 7) is 11.0. The zero-order chi connectivity index (χ0) is 22.6. The molecule has 0 aromatic heterocycles. The lowest BCUT2D eigenvalue weighted by molar-refractivity contribution is -0.155. The van der Waals surface area contributed by atoms with Crippen molar-refractivity contribution in [1.82, 2.24) is 10.2 Å². The number of esters is 1. The molecule has 3 rings (SSSR count). The minimum absolute atomic E-state index is 0.0860. The summed E-state index contributed by atoms with van der Waals surface area (Å²) in [7, 11) is 0. The number of likely N-dealkylation sites (tertiary alicyclic amines) is 1. The molecule has 170 valence electrons. The van der Waals surface area contributed by atoms with Crippen molar-refractivity contribution in [1.29, 1.82) is 0 Å². The van der Waals surface area contributed by atoms with Crippen molar-refractivity contribution < 1.29 is 29.0 Å². The summed E-state index contributed by atoms with van der Waals surface area (Å²) in [4.78, 5) is 41.3. The number of halogens is 1. The Morgan fingerprint density at radius 1 is 1.40 bits per heavy atom. The highest BCUT2D eigenvalue weighted by Gasteiger charge is 2.77. The molecule has 3 aliphatic rings. The van der Waals surface area contributed by atoms with Crippen molar-refractivity contribution >= 4 is 33.7 Å². The lowest BCUT2D eigenvalue weighted by Crippen LogP contribution is -2.61. The first-order chi connectivity index (χ1) is 13.9. The van der Waals surface area contributed by atoms with Gasteiger partial charge in [-0.15, -0.1) is 0 Å². The molecule has 30 heavy (non-hydrogen) atoms. The van der Waals surface area contributed by atoms with E-state index >= 15 is 0 Å². The van der Waals surface area contributed by atoms with E-state index in [9.17, 15) is 19.5 Å². The Kier molecular flexibility index (Phi) is 6.30. The van der Waals surface area contributed by atoms with E-state index in [0.29, 0.717) is 6.42 Å². The van der Waals surface area contributed by atoms with Crippen LogP contribution in [0.25, 0.3) is 0 Å². The molecule has 3 heterocycles. The fraction of sp³-hybridized carbons (Fsp3) is 0.857. The second-order valence-corrected chi connectivity index (χ2v) is 11.1. The van der Waals surface area contributed by atoms with Gasteiger partial charge in [0, 0.05) is 10.4 Å². The van der Waals surface area contributed by atoms with Crippen molar-refractivity contribution in [3.8, 4) is 0 Å². The minimum Gasteiger partial charge on any atom is -0.466 e. The van der Waals surface area contributed by atoms with Gasteiger partial charge in [0.25, 0.3) is 0 Å². The summed E-state index contributed by atoms with van der Waals surface area (Å²) in [6, 6.07) is -1.49. The van der Waals surface area contributed by atoms with Crippen molar-refractivity contribution in [2.75, 3.05) is 13.2 Å². The highest BCUT2D eigenvalue weighted by Crippen LogP contribution is 2.60. The fourth-order valence-corrected chi connectivity index (χ4v) is 6.23. The van der Waals surface area contributed by atoms with E-state index in [4.69, 9.17) is 9.47 Å². The predicted molar refractivity (Wildman–Crippen MR) is 113 cm³/mol. The van der Waals surface area contributed by atoms with Crippen LogP contribution in [0.4, 0.5) is 0 Å². The molecule has 0 aromatic carbocycles. The summed E-state index contributed by atoms with van der Waals surface area (Å²) in [5.74, 6) is -2.80. The number of carbonyl (C=O) groups excluding carboxylic acids is 3. The zero-order valence-corrected chi connectivity index (χ0v) is 20.1. The first-order valence-corrected chi connectivity index (χ1v) is 11.5. The topological polar surface area (TPSA) is 105 Å². The van der Waals surface area contributed by atoms with Gasteiger partial charge in [-0.2, -0.15) is 0 Å². The van der Waals surface area contributed by atoms with Crippen LogP contribution in [0.3, 0.4) is 0 Å². The molecule has 1 unspecified atom stereocenters. The number of fused-ring (bicyclic) bond motifs is 1. The number of rotatable bonds is 6. The number of aliphatic hydroxyl groups excluding tert-OH is 1. The number of amides is 2. The van der Waals surface area contributed by atoms with Gasteiger partial charge in [-0.05, 0) is 40.0 Å². The van der Waals surface area contributed by atoms with E-state index in [1.807, 2.05) is 34.6 Å². The third-order valence-corrected chi connectivity index (χ3v) is 7.19. The molecule has 0 saturated carbocycles. The maximum atomic E-state index is 13.7. The maximum absolute atomic E-state index is 13.7. The number of ether oxygens (including phenoxy) is 2. The Labute approximate surface area is 186 Å². The molecule has 3 saturated heterocycles. The average Bonchev–Trinajstić information content (AvgIpc) is 3.18. The van der Waals surface area contributed by atoms with Gasteiger partial charge in [-0.25, -0.2) is 0 Å². The Hall–Kier alpha value is -1.19. The van der Waals surface area contributed by atoms with Crippen LogP contribution in [0.5, 0.6) is 0 Å². The van der Waals surface area contributed by atoms with Crippen LogP contribution in [0.15, 0.2) is 0 Å². The van der Waals surface area contributed by atoms with Crippen LogP contribution in [0.1, 0.15) is 48.0 Å². The Balaban J connectivity index is 2.11. The Bertz CT molecular complexity index is 723. The van der Waals surface area contributed by atoms with E-state index in [1.54, 1.807) is 6.92 Å². The van der Waals surface area contributed by atoms with Crippen molar-refractivity contribution in [2.24, 2.45) is 17.8 Å². The Morgan fingerprint density at radius 2 is 2.03 bits per heavy atom. The molecule has 2 amide bonds. The lowest BCUT2D eigenvalue weighted by atomic mass is 9.70. The van der Waals surface area contributed by atoms with Gasteiger partial charge in [0.2, 0.25) is 11.8 Å². The molecule has 0 aliphatic carbocycles. The van der Waals surface area contributed by atoms with Gasteiger partial charge in [0.15, 0.2) is 0 Å². The van der Waals surface area contributed by atoms with Crippen LogP contribution in [-0.2, 0) is 23.9 Å². The Morgan fingerprint density at radius 3 is 2.53 bits per heavy atom. The zero-order valence-electron chi connectivity index (χ0n) is 18.5. The molecule has 2 bridgehead atoms. The summed E-state index contributed by atoms with van der Waals surface area (Å²) in [6.07, 6.45) is -0.101. The number of hydrogen-bond donors (Lipinski definition) is 2. The monoisotopic (exact) mass is 488 g/mol. The molecule has 1 spiro atoms. The molecule has 7 atom stereocenters. The number of nitrogens with one attached hydrogen (secondary N) is 1. The van der Waals surface area contributed by atoms with Crippen LogP contribution in [0.2, 0.25) is 0 Å². The highest BCUT2D eigenvalue weighted by molar-refractivity contribution is 9.09. The van der Waals surface area contributed by atoms with Crippen LogP contribution >= 0.6 is 15.9 Å². The van der Waals surface area contributed by atoms with E-state index in [0.717, 1.165) is 0 Å². The van der Waals surface area contributed by atoms with E-state index in [1.165, 1.54) is 4.90 Å². The SMILES string of the molecule is CCOC(=O)[C@H]1[C@@H]2O[C@@]3(CC2Br)[C@@H]1C(=O)N([C@@H](CO)C(C)C)[C@@H]3C(=O)NC(C)(C)C. The van der Waals surface area contributed by atoms with E-state index in [2.05, 4.69) is 21.2 Å². The third-order valence-electron chi connectivity index (χ3n) is 6.35. The van der Waals surface area contributed by atoms with Gasteiger partial charge < -0.3 is 24.8 Å². The normalized spacial score (nSPS) is 36.2. The lowest BCUT2D eigenvalue weighted by Gasteiger charge is -2.39.